The molecule has 1 amide bonds. The average Bonchev–Trinajstić information content (AvgIpc) is 2.66. The van der Waals surface area contributed by atoms with Gasteiger partial charge in [-0.25, -0.2) is 0 Å². The number of carbonyl (C=O) groups is 1. The van der Waals surface area contributed by atoms with Crippen molar-refractivity contribution in [2.24, 2.45) is 10.7 Å². The van der Waals surface area contributed by atoms with Crippen LogP contribution in [0, 0.1) is 0 Å². The zero-order chi connectivity index (χ0) is 19.3. The number of hydrogen-bond acceptors (Lipinski definition) is 4. The topological polar surface area (TPSA) is 86.0 Å². The van der Waals surface area contributed by atoms with Gasteiger partial charge in [0, 0.05) is 32.2 Å². The molecule has 0 aromatic heterocycles. The van der Waals surface area contributed by atoms with Gasteiger partial charge in [-0.2, -0.15) is 0 Å². The van der Waals surface area contributed by atoms with Gasteiger partial charge in [0.1, 0.15) is 0 Å². The maximum absolute atomic E-state index is 11.0. The van der Waals surface area contributed by atoms with Crippen molar-refractivity contribution in [2.45, 2.75) is 64.3 Å². The highest BCUT2D eigenvalue weighted by Crippen LogP contribution is 2.11. The molecule has 0 aliphatic carbocycles. The van der Waals surface area contributed by atoms with Crippen LogP contribution in [0.15, 0.2) is 4.99 Å². The summed E-state index contributed by atoms with van der Waals surface area (Å²) in [6.07, 6.45) is 9.91. The van der Waals surface area contributed by atoms with Gasteiger partial charge in [-0.05, 0) is 65.1 Å². The first-order valence-electron chi connectivity index (χ1n) is 10.9. The molecule has 2 saturated heterocycles. The van der Waals surface area contributed by atoms with Gasteiger partial charge < -0.3 is 21.3 Å². The minimum atomic E-state index is -0.239. The molecule has 0 bridgehead atoms. The van der Waals surface area contributed by atoms with Gasteiger partial charge in [0.2, 0.25) is 5.91 Å². The number of nitrogens with zero attached hydrogens (tertiary/aromatic N) is 3. The first-order chi connectivity index (χ1) is 13.2. The summed E-state index contributed by atoms with van der Waals surface area (Å²) in [5, 5.41) is 6.92. The fraction of sp³-hybridized carbons (Fsp3) is 0.900. The highest BCUT2D eigenvalue weighted by Gasteiger charge is 2.20. The molecule has 0 aromatic rings. The monoisotopic (exact) mass is 380 g/mol. The summed E-state index contributed by atoms with van der Waals surface area (Å²) < 4.78 is 0. The third-order valence-corrected chi connectivity index (χ3v) is 5.50. The predicted octanol–water partition coefficient (Wildman–Crippen LogP) is 1.15. The van der Waals surface area contributed by atoms with E-state index in [-0.39, 0.29) is 5.91 Å². The van der Waals surface area contributed by atoms with Crippen LogP contribution < -0.4 is 16.4 Å². The van der Waals surface area contributed by atoms with Gasteiger partial charge in [-0.15, -0.1) is 0 Å². The number of nitrogens with two attached hydrogens (primary N) is 1. The van der Waals surface area contributed by atoms with E-state index in [1.54, 1.807) is 0 Å². The quantitative estimate of drug-likeness (QED) is 0.301. The van der Waals surface area contributed by atoms with E-state index in [1.165, 1.54) is 51.7 Å². The van der Waals surface area contributed by atoms with Crippen LogP contribution in [0.25, 0.3) is 0 Å². The Morgan fingerprint density at radius 1 is 1.04 bits per heavy atom. The summed E-state index contributed by atoms with van der Waals surface area (Å²) >= 11 is 0. The number of nitrogens with one attached hydrogen (secondary N) is 2. The van der Waals surface area contributed by atoms with Crippen molar-refractivity contribution in [1.29, 1.82) is 0 Å². The molecule has 0 aromatic carbocycles. The molecule has 2 heterocycles. The van der Waals surface area contributed by atoms with Crippen LogP contribution in [-0.2, 0) is 4.79 Å². The SMILES string of the molecule is CCNC(=NCCCCCN1CCCCC1)NC1CCN(CC(N)=O)CC1. The molecule has 0 unspecified atom stereocenters. The van der Waals surface area contributed by atoms with Gasteiger partial charge in [-0.1, -0.05) is 12.8 Å². The molecule has 2 aliphatic rings. The second-order valence-corrected chi connectivity index (χ2v) is 7.88. The minimum absolute atomic E-state index is 0.239. The molecule has 2 aliphatic heterocycles. The van der Waals surface area contributed by atoms with Crippen LogP contribution in [0.1, 0.15) is 58.3 Å². The van der Waals surface area contributed by atoms with Gasteiger partial charge in [0.25, 0.3) is 0 Å². The number of piperidine rings is 2. The molecule has 2 rings (SSSR count). The number of aliphatic imine (C=N–C) groups is 1. The molecule has 2 fully saturated rings. The lowest BCUT2D eigenvalue weighted by Crippen LogP contribution is -2.49. The van der Waals surface area contributed by atoms with Crippen molar-refractivity contribution in [3.8, 4) is 0 Å². The van der Waals surface area contributed by atoms with E-state index in [0.717, 1.165) is 51.4 Å². The first-order valence-corrected chi connectivity index (χ1v) is 10.9. The third kappa shape index (κ3) is 9.42. The normalized spacial score (nSPS) is 20.6. The number of likely N-dealkylation sites (tertiary alicyclic amines) is 2. The summed E-state index contributed by atoms with van der Waals surface area (Å²) in [7, 11) is 0. The van der Waals surface area contributed by atoms with Gasteiger partial charge in [0.05, 0.1) is 6.54 Å². The maximum Gasteiger partial charge on any atom is 0.231 e. The molecule has 7 heteroatoms. The summed E-state index contributed by atoms with van der Waals surface area (Å²) in [5.74, 6) is 0.693. The van der Waals surface area contributed by atoms with Crippen LogP contribution in [0.4, 0.5) is 0 Å². The number of primary amides is 1. The summed E-state index contributed by atoms with van der Waals surface area (Å²) in [6, 6.07) is 0.422. The van der Waals surface area contributed by atoms with E-state index in [0.29, 0.717) is 12.6 Å². The Balaban J connectivity index is 1.60. The second kappa shape index (κ2) is 12.9. The van der Waals surface area contributed by atoms with E-state index in [2.05, 4.69) is 27.4 Å². The smallest absolute Gasteiger partial charge is 0.231 e. The molecule has 0 atom stereocenters. The van der Waals surface area contributed by atoms with Crippen molar-refractivity contribution in [2.75, 3.05) is 52.4 Å². The highest BCUT2D eigenvalue weighted by atomic mass is 16.1. The van der Waals surface area contributed by atoms with Crippen molar-refractivity contribution >= 4 is 11.9 Å². The molecule has 27 heavy (non-hydrogen) atoms. The van der Waals surface area contributed by atoms with E-state index in [4.69, 9.17) is 10.7 Å². The van der Waals surface area contributed by atoms with E-state index < -0.39 is 0 Å². The number of rotatable bonds is 10. The van der Waals surface area contributed by atoms with Gasteiger partial charge in [0.15, 0.2) is 5.96 Å². The summed E-state index contributed by atoms with van der Waals surface area (Å²) in [6.45, 7) is 9.91. The zero-order valence-corrected chi connectivity index (χ0v) is 17.2. The molecule has 4 N–H and O–H groups in total. The molecule has 7 nitrogen and oxygen atoms in total. The molecule has 0 spiro atoms. The van der Waals surface area contributed by atoms with Crippen LogP contribution in [-0.4, -0.2) is 80.1 Å². The van der Waals surface area contributed by atoms with Crippen molar-refractivity contribution < 1.29 is 4.79 Å². The fourth-order valence-electron chi connectivity index (χ4n) is 3.97. The van der Waals surface area contributed by atoms with Gasteiger partial charge >= 0.3 is 0 Å². The second-order valence-electron chi connectivity index (χ2n) is 7.88. The van der Waals surface area contributed by atoms with E-state index in [9.17, 15) is 4.79 Å². The summed E-state index contributed by atoms with van der Waals surface area (Å²) in [5.41, 5.74) is 5.28. The fourth-order valence-corrected chi connectivity index (χ4v) is 3.97. The van der Waals surface area contributed by atoms with Crippen molar-refractivity contribution in [1.82, 2.24) is 20.4 Å². The highest BCUT2D eigenvalue weighted by molar-refractivity contribution is 5.80. The Morgan fingerprint density at radius 2 is 1.78 bits per heavy atom. The Morgan fingerprint density at radius 3 is 2.44 bits per heavy atom. The number of guanidine groups is 1. The third-order valence-electron chi connectivity index (χ3n) is 5.50. The van der Waals surface area contributed by atoms with Crippen molar-refractivity contribution in [3.05, 3.63) is 0 Å². The first kappa shape index (κ1) is 22.0. The minimum Gasteiger partial charge on any atom is -0.369 e. The maximum atomic E-state index is 11.0. The van der Waals surface area contributed by atoms with Crippen LogP contribution in [0.3, 0.4) is 0 Å². The molecule has 0 saturated carbocycles. The lowest BCUT2D eigenvalue weighted by molar-refractivity contribution is -0.119. The lowest BCUT2D eigenvalue weighted by Gasteiger charge is -2.32. The number of carbonyl (C=O) groups excluding carboxylic acids is 1. The number of unbranched alkanes of at least 4 members (excludes halogenated alkanes) is 2. The van der Waals surface area contributed by atoms with E-state index >= 15 is 0 Å². The molecule has 0 radical (unpaired) electrons. The molecular formula is C20H40N6O. The average molecular weight is 381 g/mol. The Labute approximate surface area is 165 Å². The number of hydrogen-bond donors (Lipinski definition) is 3. The largest absolute Gasteiger partial charge is 0.369 e. The molecule has 156 valence electrons. The Kier molecular flexibility index (Phi) is 10.5. The van der Waals surface area contributed by atoms with Gasteiger partial charge in [-0.3, -0.25) is 14.7 Å². The standard InChI is InChI=1S/C20H40N6O/c1-2-22-20(24-18-9-15-26(16-10-18)17-19(21)27)23-11-5-3-6-12-25-13-7-4-8-14-25/h18H,2-17H2,1H3,(H2,21,27)(H2,22,23,24). The summed E-state index contributed by atoms with van der Waals surface area (Å²) in [4.78, 5) is 20.5. The van der Waals surface area contributed by atoms with Crippen molar-refractivity contribution in [3.63, 3.8) is 0 Å². The van der Waals surface area contributed by atoms with Crippen LogP contribution in [0.2, 0.25) is 0 Å². The Bertz CT molecular complexity index is 442. The zero-order valence-electron chi connectivity index (χ0n) is 17.2. The Hall–Kier alpha value is -1.34. The lowest BCUT2D eigenvalue weighted by atomic mass is 10.1. The van der Waals surface area contributed by atoms with Crippen LogP contribution >= 0.6 is 0 Å². The van der Waals surface area contributed by atoms with Crippen LogP contribution in [0.5, 0.6) is 0 Å². The molecular weight excluding hydrogens is 340 g/mol. The predicted molar refractivity (Wildman–Crippen MR) is 112 cm³/mol. The number of amides is 1. The van der Waals surface area contributed by atoms with E-state index in [1.807, 2.05) is 0 Å².